The van der Waals surface area contributed by atoms with Crippen molar-refractivity contribution >= 4 is 22.2 Å². The number of aromatic nitrogens is 2. The van der Waals surface area contributed by atoms with E-state index in [1.165, 1.54) is 11.3 Å². The van der Waals surface area contributed by atoms with E-state index in [0.717, 1.165) is 105 Å². The van der Waals surface area contributed by atoms with Gasteiger partial charge in [-0.05, 0) is 110 Å². The van der Waals surface area contributed by atoms with Gasteiger partial charge in [0.15, 0.2) is 12.5 Å². The molecule has 1 saturated carbocycles. The normalized spacial score (nSPS) is 22.5. The Morgan fingerprint density at radius 2 is 1.77 bits per heavy atom. The van der Waals surface area contributed by atoms with Gasteiger partial charge in [0.1, 0.15) is 0 Å². The third-order valence-corrected chi connectivity index (χ3v) is 10.2. The zero-order valence-corrected chi connectivity index (χ0v) is 25.3. The second kappa shape index (κ2) is 11.7. The molecule has 0 radical (unpaired) electrons. The number of nitriles is 1. The fourth-order valence-electron chi connectivity index (χ4n) is 7.78. The average molecular weight is 585 g/mol. The van der Waals surface area contributed by atoms with E-state index in [1.807, 2.05) is 6.07 Å². The minimum Gasteiger partial charge on any atom is -0.372 e. The molecule has 3 heterocycles. The molecule has 1 aromatic heterocycles. The first-order chi connectivity index (χ1) is 21.1. The summed E-state index contributed by atoms with van der Waals surface area (Å²) in [5, 5.41) is 15.3. The lowest BCUT2D eigenvalue weighted by Gasteiger charge is -2.36. The molecule has 2 aromatic carbocycles. The summed E-state index contributed by atoms with van der Waals surface area (Å²) in [4.78, 5) is 2.43. The molecular weight excluding hydrogens is 543 g/mol. The SMILES string of the molecule is COC(OC)C1CCN(c2ccc(C3=C(C4(C#N)CC4)CCCc4c3ccc3c4c(F)nn3C3CCCCO3)cc2)CC1. The second-order valence-corrected chi connectivity index (χ2v) is 12.7. The van der Waals surface area contributed by atoms with Gasteiger partial charge in [0.25, 0.3) is 0 Å². The fourth-order valence-corrected chi connectivity index (χ4v) is 7.78. The van der Waals surface area contributed by atoms with Gasteiger partial charge >= 0.3 is 0 Å². The maximum atomic E-state index is 15.7. The van der Waals surface area contributed by atoms with Crippen LogP contribution in [-0.2, 0) is 20.6 Å². The summed E-state index contributed by atoms with van der Waals surface area (Å²) in [7, 11) is 3.42. The molecule has 1 unspecified atom stereocenters. The van der Waals surface area contributed by atoms with Gasteiger partial charge in [-0.2, -0.15) is 9.65 Å². The molecule has 1 atom stereocenters. The monoisotopic (exact) mass is 584 g/mol. The standard InChI is InChI=1S/C35H41FN4O3/c1-41-34(42-2)24-15-19-39(20-16-24)25-11-9-23(10-12-25)31-27-13-14-29-32(33(36)38-40(29)30-8-3-4-21-43-30)26(27)6-5-7-28(31)35(22-37)17-18-35/h9-14,24,30,34H,3-8,15-21H2,1-2H3. The molecule has 7 rings (SSSR count). The van der Waals surface area contributed by atoms with E-state index in [4.69, 9.17) is 14.2 Å². The molecule has 0 N–H and O–H groups in total. The number of halogens is 1. The van der Waals surface area contributed by atoms with Gasteiger partial charge in [-0.3, -0.25) is 0 Å². The maximum Gasteiger partial charge on any atom is 0.240 e. The first-order valence-corrected chi connectivity index (χ1v) is 15.9. The lowest BCUT2D eigenvalue weighted by atomic mass is 9.83. The molecule has 43 heavy (non-hydrogen) atoms. The number of benzene rings is 2. The topological polar surface area (TPSA) is 72.5 Å². The molecule has 226 valence electrons. The van der Waals surface area contributed by atoms with Crippen LogP contribution in [0.1, 0.15) is 80.7 Å². The number of rotatable bonds is 7. The molecular formula is C35H41FN4O3. The van der Waals surface area contributed by atoms with Crippen LogP contribution in [0.4, 0.5) is 10.1 Å². The predicted molar refractivity (Wildman–Crippen MR) is 164 cm³/mol. The van der Waals surface area contributed by atoms with Crippen molar-refractivity contribution in [2.45, 2.75) is 76.7 Å². The number of allylic oxidation sites excluding steroid dienone is 1. The number of piperidine rings is 1. The van der Waals surface area contributed by atoms with Crippen LogP contribution in [-0.4, -0.2) is 50.0 Å². The number of methoxy groups -OCH3 is 2. The average Bonchev–Trinajstić information content (AvgIpc) is 3.82. The van der Waals surface area contributed by atoms with Gasteiger partial charge in [-0.25, -0.2) is 4.68 Å². The van der Waals surface area contributed by atoms with E-state index >= 15 is 4.39 Å². The molecule has 0 amide bonds. The van der Waals surface area contributed by atoms with E-state index < -0.39 is 11.4 Å². The summed E-state index contributed by atoms with van der Waals surface area (Å²) in [5.74, 6) is -0.0270. The number of nitrogens with zero attached hydrogens (tertiary/aromatic N) is 4. The van der Waals surface area contributed by atoms with E-state index in [-0.39, 0.29) is 12.5 Å². The predicted octanol–water partition coefficient (Wildman–Crippen LogP) is 7.15. The first-order valence-electron chi connectivity index (χ1n) is 15.9. The van der Waals surface area contributed by atoms with E-state index in [2.05, 4.69) is 46.4 Å². The van der Waals surface area contributed by atoms with Gasteiger partial charge in [0.05, 0.1) is 22.4 Å². The second-order valence-electron chi connectivity index (χ2n) is 12.7. The summed E-state index contributed by atoms with van der Waals surface area (Å²) in [5.41, 5.74) is 7.07. The maximum absolute atomic E-state index is 15.7. The van der Waals surface area contributed by atoms with Crippen LogP contribution in [0.25, 0.3) is 16.5 Å². The molecule has 8 heteroatoms. The molecule has 2 aliphatic carbocycles. The van der Waals surface area contributed by atoms with Crippen LogP contribution in [0.2, 0.25) is 0 Å². The number of hydrogen-bond acceptors (Lipinski definition) is 6. The van der Waals surface area contributed by atoms with Crippen molar-refractivity contribution in [2.75, 3.05) is 38.8 Å². The lowest BCUT2D eigenvalue weighted by molar-refractivity contribution is -0.141. The lowest BCUT2D eigenvalue weighted by Crippen LogP contribution is -2.39. The molecule has 4 aliphatic rings. The van der Waals surface area contributed by atoms with Crippen molar-refractivity contribution < 1.29 is 18.6 Å². The molecule has 0 spiro atoms. The van der Waals surface area contributed by atoms with Gasteiger partial charge in [-0.15, -0.1) is 5.10 Å². The zero-order valence-electron chi connectivity index (χ0n) is 25.3. The van der Waals surface area contributed by atoms with Crippen LogP contribution < -0.4 is 4.90 Å². The van der Waals surface area contributed by atoms with Crippen LogP contribution in [0.3, 0.4) is 0 Å². The van der Waals surface area contributed by atoms with Crippen LogP contribution in [0.15, 0.2) is 42.0 Å². The largest absolute Gasteiger partial charge is 0.372 e. The van der Waals surface area contributed by atoms with Crippen molar-refractivity contribution in [3.8, 4) is 6.07 Å². The molecule has 3 fully saturated rings. The number of hydrogen-bond donors (Lipinski definition) is 0. The summed E-state index contributed by atoms with van der Waals surface area (Å²) < 4.78 is 34.5. The van der Waals surface area contributed by atoms with Gasteiger partial charge in [0, 0.05) is 45.5 Å². The number of ether oxygens (including phenoxy) is 3. The summed E-state index contributed by atoms with van der Waals surface area (Å²) in [6.07, 6.45) is 8.85. The van der Waals surface area contributed by atoms with Crippen molar-refractivity contribution in [1.82, 2.24) is 9.78 Å². The Bertz CT molecular complexity index is 1550. The highest BCUT2D eigenvalue weighted by Gasteiger charge is 2.48. The Hall–Kier alpha value is -3.25. The molecule has 3 aromatic rings. The van der Waals surface area contributed by atoms with E-state index in [9.17, 15) is 5.26 Å². The summed E-state index contributed by atoms with van der Waals surface area (Å²) in [6.45, 7) is 2.58. The Morgan fingerprint density at radius 3 is 2.42 bits per heavy atom. The third-order valence-electron chi connectivity index (χ3n) is 10.2. The van der Waals surface area contributed by atoms with E-state index in [1.54, 1.807) is 18.9 Å². The van der Waals surface area contributed by atoms with Gasteiger partial charge in [0.2, 0.25) is 5.95 Å². The highest BCUT2D eigenvalue weighted by atomic mass is 19.1. The van der Waals surface area contributed by atoms with Gasteiger partial charge < -0.3 is 19.1 Å². The fraction of sp³-hybridized carbons (Fsp3) is 0.543. The molecule has 2 saturated heterocycles. The minimum absolute atomic E-state index is 0.154. The van der Waals surface area contributed by atoms with Gasteiger partial charge in [-0.1, -0.05) is 18.2 Å². The van der Waals surface area contributed by atoms with Crippen LogP contribution in [0, 0.1) is 28.6 Å². The quantitative estimate of drug-likeness (QED) is 0.275. The van der Waals surface area contributed by atoms with Crippen molar-refractivity contribution in [1.29, 1.82) is 5.26 Å². The number of aryl methyl sites for hydroxylation is 1. The highest BCUT2D eigenvalue weighted by Crippen LogP contribution is 2.57. The van der Waals surface area contributed by atoms with E-state index in [0.29, 0.717) is 17.9 Å². The number of fused-ring (bicyclic) bond motifs is 3. The zero-order chi connectivity index (χ0) is 29.6. The summed E-state index contributed by atoms with van der Waals surface area (Å²) in [6, 6.07) is 15.6. The molecule has 0 bridgehead atoms. The minimum atomic E-state index is -0.423. The number of anilines is 1. The Labute approximate surface area is 253 Å². The molecule has 2 aliphatic heterocycles. The first kappa shape index (κ1) is 28.5. The molecule has 7 nitrogen and oxygen atoms in total. The van der Waals surface area contributed by atoms with Crippen LogP contribution in [0.5, 0.6) is 0 Å². The third kappa shape index (κ3) is 5.05. The Morgan fingerprint density at radius 1 is 1.00 bits per heavy atom. The smallest absolute Gasteiger partial charge is 0.240 e. The van der Waals surface area contributed by atoms with Crippen molar-refractivity contribution in [3.05, 3.63) is 64.6 Å². The van der Waals surface area contributed by atoms with Crippen molar-refractivity contribution in [3.63, 3.8) is 0 Å². The van der Waals surface area contributed by atoms with Crippen molar-refractivity contribution in [2.24, 2.45) is 11.3 Å². The summed E-state index contributed by atoms with van der Waals surface area (Å²) >= 11 is 0. The Balaban J connectivity index is 1.26. The Kier molecular flexibility index (Phi) is 7.75. The van der Waals surface area contributed by atoms with Crippen LogP contribution >= 0.6 is 0 Å². The highest BCUT2D eigenvalue weighted by molar-refractivity contribution is 5.94.